The highest BCUT2D eigenvalue weighted by molar-refractivity contribution is 8.00. The quantitative estimate of drug-likeness (QED) is 0.0491. The molecule has 0 spiro atoms. The first-order valence-corrected chi connectivity index (χ1v) is 43.7. The minimum atomic E-state index is -1.94. The zero-order valence-electron chi connectivity index (χ0n) is 73.6. The van der Waals surface area contributed by atoms with Gasteiger partial charge in [-0.2, -0.15) is 0 Å². The number of rotatable bonds is 21. The van der Waals surface area contributed by atoms with Crippen LogP contribution in [0.4, 0.5) is 14.5 Å². The third kappa shape index (κ3) is 27.9. The van der Waals surface area contributed by atoms with Gasteiger partial charge >= 0.3 is 5.97 Å². The summed E-state index contributed by atoms with van der Waals surface area (Å²) >= 11 is 0.722. The molecule has 35 nitrogen and oxygen atoms in total. The summed E-state index contributed by atoms with van der Waals surface area (Å²) < 4.78 is 29.7. The van der Waals surface area contributed by atoms with Gasteiger partial charge in [-0.25, -0.2) is 8.78 Å². The van der Waals surface area contributed by atoms with Crippen LogP contribution in [-0.2, 0) is 115 Å². The zero-order valence-corrected chi connectivity index (χ0v) is 74.4. The molecule has 11 atom stereocenters. The lowest BCUT2D eigenvalue weighted by Gasteiger charge is -2.37. The SMILES string of the molecule is CCCC[C@H]1C(=O)N(C)CC(=O)N[C@@H](CC(=O)O)C(=O)N[C@@H](C(C)C)C(=O)N(C)[C@@H](Cc2ccccc2)C(=O)N[C@H]2Cc3ccc(O)cc3N(CC(=O)N[C@@H](Cc3c[nH]c4ccccc34)C(=O)NC(Cc3ccc(O)cc3)C(=O)N[C@@H](CC(C)C)C(=O)N[C@H](C(=O)NCC(N)=O)CSCC(=O)N[C@@H](Cc3ccc(F)c(F)c3)C(=O)N(C)[C@@H](Cc3ccccc3)C(=O)N1C)C2=O. The Balaban J connectivity index is 1.12. The highest BCUT2D eigenvalue weighted by Gasteiger charge is 2.44. The monoisotopic (exact) mass is 1810 g/mol. The number of thioether (sulfide) groups is 1. The number of aliphatic carboxylic acids is 1. The van der Waals surface area contributed by atoms with Crippen LogP contribution in [0.15, 0.2) is 152 Å². The van der Waals surface area contributed by atoms with E-state index in [-0.39, 0.29) is 67.7 Å². The lowest BCUT2D eigenvalue weighted by Crippen LogP contribution is -2.62. The summed E-state index contributed by atoms with van der Waals surface area (Å²) in [5.41, 5.74) is 8.25. The number of fused-ring (bicyclic) bond motifs is 5. The van der Waals surface area contributed by atoms with E-state index in [0.29, 0.717) is 51.6 Å². The Bertz CT molecular complexity index is 5280. The molecule has 15 N–H and O–H groups in total. The zero-order chi connectivity index (χ0) is 94.9. The number of primary amides is 1. The molecule has 2 aliphatic heterocycles. The van der Waals surface area contributed by atoms with Gasteiger partial charge in [0.05, 0.1) is 31.0 Å². The first-order chi connectivity index (χ1) is 61.8. The summed E-state index contributed by atoms with van der Waals surface area (Å²) in [6.45, 7) is 5.82. The molecule has 6 aromatic carbocycles. The van der Waals surface area contributed by atoms with Crippen molar-refractivity contribution in [3.05, 3.63) is 197 Å². The Hall–Kier alpha value is -13.8. The third-order valence-corrected chi connectivity index (χ3v) is 23.5. The van der Waals surface area contributed by atoms with Crippen molar-refractivity contribution >= 4 is 123 Å². The third-order valence-electron chi connectivity index (χ3n) is 22.4. The van der Waals surface area contributed by atoms with E-state index in [9.17, 15) is 58.1 Å². The van der Waals surface area contributed by atoms with Crippen molar-refractivity contribution in [3.63, 3.8) is 0 Å². The summed E-state index contributed by atoms with van der Waals surface area (Å²) in [5, 5.41) is 55.7. The molecule has 2 bridgehead atoms. The summed E-state index contributed by atoms with van der Waals surface area (Å²) in [5.74, 6) is -21.5. The molecule has 1 saturated heterocycles. The van der Waals surface area contributed by atoms with Crippen molar-refractivity contribution in [1.82, 2.24) is 72.4 Å². The molecule has 7 aromatic rings. The number of nitrogens with zero attached hydrogens (tertiary/aromatic N) is 5. The lowest BCUT2D eigenvalue weighted by molar-refractivity contribution is -0.151. The summed E-state index contributed by atoms with van der Waals surface area (Å²) in [7, 11) is 5.02. The second-order valence-electron chi connectivity index (χ2n) is 33.2. The van der Waals surface area contributed by atoms with Gasteiger partial charge < -0.3 is 98.4 Å². The molecular formula is C92H112F2N16O19S. The number of hydrogen-bond donors (Lipinski definition) is 14. The Labute approximate surface area is 754 Å². The number of aromatic hydroxyl groups is 2. The number of unbranched alkanes of at least 4 members (excludes halogenated alkanes) is 1. The number of carbonyl (C=O) groups is 16. The molecule has 2 aliphatic rings. The molecule has 38 heteroatoms. The molecule has 130 heavy (non-hydrogen) atoms. The summed E-state index contributed by atoms with van der Waals surface area (Å²) in [6, 6.07) is 18.4. The molecule has 15 amide bonds. The van der Waals surface area contributed by atoms with Crippen molar-refractivity contribution in [2.24, 2.45) is 17.6 Å². The van der Waals surface area contributed by atoms with E-state index in [1.54, 1.807) is 126 Å². The van der Waals surface area contributed by atoms with E-state index in [2.05, 4.69) is 52.8 Å². The van der Waals surface area contributed by atoms with Crippen LogP contribution >= 0.6 is 11.8 Å². The van der Waals surface area contributed by atoms with Crippen molar-refractivity contribution in [1.29, 1.82) is 0 Å². The number of phenolic OH excluding ortho intramolecular Hbond substituents is 2. The lowest BCUT2D eigenvalue weighted by atomic mass is 9.95. The summed E-state index contributed by atoms with van der Waals surface area (Å²) in [6.07, 6.45) is -0.750. The number of aromatic nitrogens is 1. The molecule has 1 unspecified atom stereocenters. The predicted octanol–water partition coefficient (Wildman–Crippen LogP) is 2.49. The Morgan fingerprint density at radius 1 is 0.523 bits per heavy atom. The molecule has 0 saturated carbocycles. The number of hydrogen-bond acceptors (Lipinski definition) is 19. The van der Waals surface area contributed by atoms with E-state index in [0.717, 1.165) is 54.5 Å². The molecule has 694 valence electrons. The van der Waals surface area contributed by atoms with E-state index in [1.165, 1.54) is 70.7 Å². The minimum absolute atomic E-state index is 0.0103. The number of amides is 15. The molecule has 0 aliphatic carbocycles. The highest BCUT2D eigenvalue weighted by atomic mass is 32.2. The second kappa shape index (κ2) is 46.8. The molecule has 9 rings (SSSR count). The average Bonchev–Trinajstić information content (AvgIpc) is 0.903. The van der Waals surface area contributed by atoms with E-state index >= 15 is 42.7 Å². The van der Waals surface area contributed by atoms with Gasteiger partial charge in [0.1, 0.15) is 84.5 Å². The van der Waals surface area contributed by atoms with Crippen LogP contribution < -0.4 is 58.5 Å². The predicted molar refractivity (Wildman–Crippen MR) is 477 cm³/mol. The van der Waals surface area contributed by atoms with Crippen LogP contribution in [0.25, 0.3) is 10.9 Å². The molecule has 3 heterocycles. The Morgan fingerprint density at radius 2 is 1.08 bits per heavy atom. The van der Waals surface area contributed by atoms with Gasteiger partial charge in [-0.1, -0.05) is 151 Å². The van der Waals surface area contributed by atoms with Gasteiger partial charge in [0, 0.05) is 95.6 Å². The van der Waals surface area contributed by atoms with E-state index in [1.807, 2.05) is 0 Å². The smallest absolute Gasteiger partial charge is 0.305 e. The number of carboxylic acids is 1. The van der Waals surface area contributed by atoms with Crippen LogP contribution in [0.3, 0.4) is 0 Å². The number of para-hydroxylation sites is 1. The standard InChI is InChI=1S/C92H112F2N16O19S/c1-10-11-26-72-90(127)106(6)47-77(114)99-68(44-80(117)118)86(123)105-81(52(4)5)92(129)108(8)74(39-53-20-14-12-15-21-53)87(124)103-70-41-57-30-33-60(112)43-73(57)110(89(70)126)48-78(115)98-67(42-58-45-96-64-25-19-18-24-61(58)64)85(122)102-66(37-55-27-31-59(111)32-28-55)84(121)101-65(35-51(2)3)83(120)104-71(82(119)97-46-76(95)113)49-130-50-79(116)100-69(38-56-29-34-62(93)63(94)36-56)88(125)109(9)75(91(128)107(72)7)40-54-22-16-13-17-23-54/h12-25,27-34,36,43,45,51-52,65-72,74-75,81,96,111-112H,10-11,26,35,37-42,44,46-50H2,1-9H3,(H2,95,113)(H,97,119)(H,98,115)(H,99,114)(H,100,116)(H,101,121)(H,102,122)(H,103,124)(H,104,120)(H,105,123)(H,117,118)/t65-,66?,67-,68-,69-,70-,71-,72-,74-,75-,81-/m0/s1. The molecule has 0 radical (unpaired) electrons. The molecular weight excluding hydrogens is 1700 g/mol. The fourth-order valence-electron chi connectivity index (χ4n) is 15.4. The topological polar surface area (TPSA) is 500 Å². The van der Waals surface area contributed by atoms with Crippen molar-refractivity contribution in [2.75, 3.05) is 64.2 Å². The van der Waals surface area contributed by atoms with Crippen LogP contribution in [0.5, 0.6) is 11.5 Å². The first kappa shape index (κ1) is 100.0. The number of likely N-dealkylation sites (N-methyl/N-ethyl adjacent to an activating group) is 4. The molecule has 1 aromatic heterocycles. The number of halogens is 2. The largest absolute Gasteiger partial charge is 0.508 e. The van der Waals surface area contributed by atoms with Crippen LogP contribution in [0.2, 0.25) is 0 Å². The normalized spacial score (nSPS) is 22.1. The average molecular weight is 1820 g/mol. The fourth-order valence-corrected chi connectivity index (χ4v) is 16.2. The number of carboxylic acid groups (broad SMARTS) is 1. The van der Waals surface area contributed by atoms with Gasteiger partial charge in [0.15, 0.2) is 11.6 Å². The van der Waals surface area contributed by atoms with E-state index in [4.69, 9.17) is 5.73 Å². The van der Waals surface area contributed by atoms with Gasteiger partial charge in [0.2, 0.25) is 88.6 Å². The molecule has 1 fully saturated rings. The number of H-pyrrole nitrogens is 1. The number of nitrogens with one attached hydrogen (secondary N) is 10. The van der Waals surface area contributed by atoms with Crippen molar-refractivity contribution in [3.8, 4) is 11.5 Å². The Kier molecular flexibility index (Phi) is 36.0. The highest BCUT2D eigenvalue weighted by Crippen LogP contribution is 2.33. The number of aromatic amines is 1. The maximum atomic E-state index is 15.5. The minimum Gasteiger partial charge on any atom is -0.508 e. The first-order valence-electron chi connectivity index (χ1n) is 42.6. The van der Waals surface area contributed by atoms with Gasteiger partial charge in [-0.05, 0) is 94.5 Å². The number of nitrogens with two attached hydrogens (primary N) is 1. The van der Waals surface area contributed by atoms with E-state index < -0.39 is 228 Å². The number of carbonyl (C=O) groups excluding carboxylic acids is 15. The maximum Gasteiger partial charge on any atom is 0.305 e. The van der Waals surface area contributed by atoms with Gasteiger partial charge in [-0.3, -0.25) is 76.7 Å². The van der Waals surface area contributed by atoms with Crippen molar-refractivity contribution < 1.29 is 101 Å². The van der Waals surface area contributed by atoms with Crippen LogP contribution in [0, 0.1) is 23.5 Å². The number of benzene rings is 6. The number of phenols is 2. The summed E-state index contributed by atoms with van der Waals surface area (Å²) in [4.78, 5) is 243. The van der Waals surface area contributed by atoms with Crippen LogP contribution in [0.1, 0.15) is 100 Å². The number of anilines is 1. The maximum absolute atomic E-state index is 15.5. The Morgan fingerprint density at radius 3 is 1.71 bits per heavy atom. The van der Waals surface area contributed by atoms with Crippen LogP contribution in [-0.4, -0.2) is 260 Å². The van der Waals surface area contributed by atoms with Crippen molar-refractivity contribution in [2.45, 2.75) is 172 Å². The van der Waals surface area contributed by atoms with Gasteiger partial charge in [-0.15, -0.1) is 11.8 Å². The second-order valence-corrected chi connectivity index (χ2v) is 34.2. The van der Waals surface area contributed by atoms with Gasteiger partial charge in [0.25, 0.3) is 0 Å². The fraction of sp³-hybridized carbons (Fsp3) is 0.413.